The fourth-order valence-electron chi connectivity index (χ4n) is 2.34. The van der Waals surface area contributed by atoms with Crippen LogP contribution in [0.3, 0.4) is 0 Å². The lowest BCUT2D eigenvalue weighted by Gasteiger charge is -2.31. The highest BCUT2D eigenvalue weighted by Gasteiger charge is 2.32. The number of methoxy groups -OCH3 is 4. The first kappa shape index (κ1) is 17.6. The lowest BCUT2D eigenvalue weighted by Crippen LogP contribution is -2.38. The van der Waals surface area contributed by atoms with Gasteiger partial charge in [-0.2, -0.15) is 0 Å². The zero-order valence-electron chi connectivity index (χ0n) is 14.0. The molecule has 0 amide bonds. The van der Waals surface area contributed by atoms with Crippen LogP contribution in [-0.4, -0.2) is 53.7 Å². The third-order valence-corrected chi connectivity index (χ3v) is 3.51. The maximum Gasteiger partial charge on any atom is 0.355 e. The topological polar surface area (TPSA) is 83.5 Å². The summed E-state index contributed by atoms with van der Waals surface area (Å²) in [5.74, 6) is -0.297. The number of hydrogen-bond donors (Lipinski definition) is 0. The normalized spacial score (nSPS) is 14.2. The highest BCUT2D eigenvalue weighted by atomic mass is 16.5. The fourth-order valence-corrected chi connectivity index (χ4v) is 2.34. The Morgan fingerprint density at radius 2 is 1.67 bits per heavy atom. The number of nitrogens with zero attached hydrogens (tertiary/aromatic N) is 1. The Hall–Kier alpha value is -2.74. The van der Waals surface area contributed by atoms with Crippen LogP contribution in [0.5, 0.6) is 11.5 Å². The molecule has 0 aliphatic carbocycles. The Labute approximate surface area is 139 Å². The monoisotopic (exact) mass is 337 g/mol. The molecule has 1 aromatic carbocycles. The minimum Gasteiger partial charge on any atom is -0.493 e. The van der Waals surface area contributed by atoms with Crippen molar-refractivity contribution >= 4 is 17.6 Å². The van der Waals surface area contributed by atoms with E-state index in [0.29, 0.717) is 17.2 Å². The summed E-state index contributed by atoms with van der Waals surface area (Å²) in [5.41, 5.74) is 0.738. The highest BCUT2D eigenvalue weighted by molar-refractivity contribution is 6.03. The second-order valence-electron chi connectivity index (χ2n) is 4.76. The minimum atomic E-state index is -0.659. The lowest BCUT2D eigenvalue weighted by atomic mass is 10.1. The van der Waals surface area contributed by atoms with Crippen molar-refractivity contribution in [3.8, 4) is 11.5 Å². The summed E-state index contributed by atoms with van der Waals surface area (Å²) in [4.78, 5) is 25.7. The first-order valence-corrected chi connectivity index (χ1v) is 7.04. The molecule has 0 saturated heterocycles. The molecule has 0 radical (unpaired) electrons. The number of ether oxygens (including phenoxy) is 5. The van der Waals surface area contributed by atoms with Gasteiger partial charge in [-0.1, -0.05) is 0 Å². The minimum absolute atomic E-state index is 0.0408. The summed E-state index contributed by atoms with van der Waals surface area (Å²) in [6.07, 6.45) is 0. The maximum atomic E-state index is 12.2. The second-order valence-corrected chi connectivity index (χ2v) is 4.76. The van der Waals surface area contributed by atoms with E-state index in [0.717, 1.165) is 0 Å². The molecule has 0 aromatic heterocycles. The predicted octanol–water partition coefficient (Wildman–Crippen LogP) is 1.10. The first-order chi connectivity index (χ1) is 11.6. The van der Waals surface area contributed by atoms with Crippen LogP contribution in [0.1, 0.15) is 0 Å². The van der Waals surface area contributed by atoms with E-state index in [4.69, 9.17) is 23.7 Å². The molecule has 0 fully saturated rings. The Balaban J connectivity index is 2.54. The van der Waals surface area contributed by atoms with Crippen LogP contribution < -0.4 is 14.4 Å². The van der Waals surface area contributed by atoms with Gasteiger partial charge in [-0.05, 0) is 12.1 Å². The van der Waals surface area contributed by atoms with E-state index in [1.165, 1.54) is 33.3 Å². The van der Waals surface area contributed by atoms with Crippen LogP contribution in [0.2, 0.25) is 0 Å². The Morgan fingerprint density at radius 3 is 2.25 bits per heavy atom. The molecular formula is C16H19NO7. The molecule has 0 unspecified atom stereocenters. The second kappa shape index (κ2) is 7.69. The molecule has 0 bridgehead atoms. The SMILES string of the molecule is COC(=O)C1=C(C(=O)OC)N(c2ccc(OC)c(OC)c2)COC1. The molecule has 0 atom stereocenters. The molecule has 130 valence electrons. The van der Waals surface area contributed by atoms with Crippen LogP contribution in [-0.2, 0) is 23.8 Å². The van der Waals surface area contributed by atoms with Crippen molar-refractivity contribution in [3.05, 3.63) is 29.5 Å². The summed E-state index contributed by atoms with van der Waals surface area (Å²) < 4.78 is 25.4. The molecule has 0 N–H and O–H groups in total. The first-order valence-electron chi connectivity index (χ1n) is 7.04. The number of hydrogen-bond acceptors (Lipinski definition) is 8. The van der Waals surface area contributed by atoms with E-state index in [9.17, 15) is 9.59 Å². The van der Waals surface area contributed by atoms with Gasteiger partial charge < -0.3 is 28.6 Å². The predicted molar refractivity (Wildman–Crippen MR) is 83.9 cm³/mol. The van der Waals surface area contributed by atoms with Gasteiger partial charge in [0.25, 0.3) is 0 Å². The van der Waals surface area contributed by atoms with Crippen molar-refractivity contribution in [1.29, 1.82) is 0 Å². The van der Waals surface area contributed by atoms with Gasteiger partial charge in [0.15, 0.2) is 11.5 Å². The van der Waals surface area contributed by atoms with Gasteiger partial charge in [0.2, 0.25) is 0 Å². The van der Waals surface area contributed by atoms with Crippen molar-refractivity contribution in [2.24, 2.45) is 0 Å². The molecule has 2 rings (SSSR count). The number of carbonyl (C=O) groups is 2. The number of carbonyl (C=O) groups excluding carboxylic acids is 2. The van der Waals surface area contributed by atoms with Gasteiger partial charge in [-0.3, -0.25) is 0 Å². The van der Waals surface area contributed by atoms with Gasteiger partial charge in [-0.15, -0.1) is 0 Å². The van der Waals surface area contributed by atoms with Crippen molar-refractivity contribution in [2.75, 3.05) is 46.7 Å². The molecule has 0 saturated carbocycles. The molecule has 1 heterocycles. The van der Waals surface area contributed by atoms with E-state index in [2.05, 4.69) is 0 Å². The third kappa shape index (κ3) is 3.28. The van der Waals surface area contributed by atoms with E-state index in [1.54, 1.807) is 18.2 Å². The van der Waals surface area contributed by atoms with Gasteiger partial charge in [0.1, 0.15) is 12.4 Å². The summed E-state index contributed by atoms with van der Waals surface area (Å²) in [7, 11) is 5.51. The molecule has 8 nitrogen and oxygen atoms in total. The molecule has 8 heteroatoms. The van der Waals surface area contributed by atoms with E-state index >= 15 is 0 Å². The van der Waals surface area contributed by atoms with Gasteiger partial charge in [0.05, 0.1) is 40.6 Å². The number of esters is 2. The van der Waals surface area contributed by atoms with Crippen LogP contribution in [0.4, 0.5) is 5.69 Å². The number of rotatable bonds is 5. The summed E-state index contributed by atoms with van der Waals surface area (Å²) >= 11 is 0. The summed E-state index contributed by atoms with van der Waals surface area (Å²) in [5, 5.41) is 0. The zero-order valence-corrected chi connectivity index (χ0v) is 14.0. The largest absolute Gasteiger partial charge is 0.493 e. The van der Waals surface area contributed by atoms with Crippen LogP contribution >= 0.6 is 0 Å². The lowest BCUT2D eigenvalue weighted by molar-refractivity contribution is -0.140. The standard InChI is InChI=1S/C16H19NO7/c1-20-12-6-5-10(7-13(12)21-2)17-9-24-8-11(15(18)22-3)14(17)16(19)23-4/h5-7H,8-9H2,1-4H3. The zero-order chi connectivity index (χ0) is 17.7. The van der Waals surface area contributed by atoms with E-state index in [-0.39, 0.29) is 24.6 Å². The maximum absolute atomic E-state index is 12.2. The quantitative estimate of drug-likeness (QED) is 0.739. The number of anilines is 1. The van der Waals surface area contributed by atoms with Crippen molar-refractivity contribution in [3.63, 3.8) is 0 Å². The smallest absolute Gasteiger partial charge is 0.355 e. The van der Waals surface area contributed by atoms with Crippen LogP contribution in [0.25, 0.3) is 0 Å². The molecule has 0 spiro atoms. The van der Waals surface area contributed by atoms with Crippen molar-refractivity contribution in [2.45, 2.75) is 0 Å². The van der Waals surface area contributed by atoms with E-state index < -0.39 is 11.9 Å². The Kier molecular flexibility index (Phi) is 5.64. The van der Waals surface area contributed by atoms with Gasteiger partial charge in [-0.25, -0.2) is 9.59 Å². The molecule has 1 aliphatic rings. The fraction of sp³-hybridized carbons (Fsp3) is 0.375. The third-order valence-electron chi connectivity index (χ3n) is 3.51. The van der Waals surface area contributed by atoms with E-state index in [1.807, 2.05) is 0 Å². The molecule has 24 heavy (non-hydrogen) atoms. The molecule has 1 aliphatic heterocycles. The summed E-state index contributed by atoms with van der Waals surface area (Å²) in [6.45, 7) is 0.0291. The number of benzene rings is 1. The Morgan fingerprint density at radius 1 is 1.00 bits per heavy atom. The molecular weight excluding hydrogens is 318 g/mol. The Bertz CT molecular complexity index is 668. The van der Waals surface area contributed by atoms with Crippen LogP contribution in [0.15, 0.2) is 29.5 Å². The van der Waals surface area contributed by atoms with Crippen molar-refractivity contribution in [1.82, 2.24) is 0 Å². The van der Waals surface area contributed by atoms with Gasteiger partial charge in [0, 0.05) is 11.8 Å². The average molecular weight is 337 g/mol. The average Bonchev–Trinajstić information content (AvgIpc) is 2.65. The van der Waals surface area contributed by atoms with Crippen LogP contribution in [0, 0.1) is 0 Å². The van der Waals surface area contributed by atoms with Gasteiger partial charge >= 0.3 is 11.9 Å². The molecule has 1 aromatic rings. The summed E-state index contributed by atoms with van der Waals surface area (Å²) in [6, 6.07) is 5.08. The van der Waals surface area contributed by atoms with Crippen molar-refractivity contribution < 1.29 is 33.3 Å². The highest BCUT2D eigenvalue weighted by Crippen LogP contribution is 2.34.